The predicted molar refractivity (Wildman–Crippen MR) is 99.4 cm³/mol. The van der Waals surface area contributed by atoms with Crippen molar-refractivity contribution in [2.45, 2.75) is 0 Å². The molecular formula is C22H18O2. The van der Waals surface area contributed by atoms with Crippen molar-refractivity contribution in [1.29, 1.82) is 0 Å². The highest BCUT2D eigenvalue weighted by Gasteiger charge is 2.07. The van der Waals surface area contributed by atoms with E-state index in [1.54, 1.807) is 12.2 Å². The number of benzene rings is 3. The van der Waals surface area contributed by atoms with Gasteiger partial charge in [-0.1, -0.05) is 73.3 Å². The number of hydrogen-bond donors (Lipinski definition) is 0. The van der Waals surface area contributed by atoms with Gasteiger partial charge in [0, 0.05) is 11.1 Å². The molecule has 0 aliphatic carbocycles. The fourth-order valence-corrected chi connectivity index (χ4v) is 2.58. The van der Waals surface area contributed by atoms with Crippen molar-refractivity contribution in [3.63, 3.8) is 0 Å². The summed E-state index contributed by atoms with van der Waals surface area (Å²) in [6, 6.07) is 21.2. The molecule has 0 aromatic heterocycles. The zero-order valence-electron chi connectivity index (χ0n) is 13.3. The van der Waals surface area contributed by atoms with Crippen LogP contribution in [-0.2, 0) is 0 Å². The summed E-state index contributed by atoms with van der Waals surface area (Å²) in [4.78, 5) is 12.3. The molecule has 2 heteroatoms. The second-order valence-corrected chi connectivity index (χ2v) is 5.36. The molecule has 3 rings (SSSR count). The van der Waals surface area contributed by atoms with Crippen molar-refractivity contribution in [2.24, 2.45) is 0 Å². The third kappa shape index (κ3) is 3.44. The topological polar surface area (TPSA) is 26.3 Å². The van der Waals surface area contributed by atoms with Crippen LogP contribution in [0.5, 0.6) is 5.75 Å². The Morgan fingerprint density at radius 2 is 1.71 bits per heavy atom. The fourth-order valence-electron chi connectivity index (χ4n) is 2.58. The van der Waals surface area contributed by atoms with Gasteiger partial charge in [0.05, 0.1) is 0 Å². The van der Waals surface area contributed by atoms with Gasteiger partial charge in [0.1, 0.15) is 12.4 Å². The normalized spacial score (nSPS) is 10.8. The van der Waals surface area contributed by atoms with E-state index in [1.165, 1.54) is 0 Å². The summed E-state index contributed by atoms with van der Waals surface area (Å²) in [6.07, 6.45) is 5.13. The maximum absolute atomic E-state index is 12.3. The highest BCUT2D eigenvalue weighted by atomic mass is 16.5. The van der Waals surface area contributed by atoms with Crippen LogP contribution in [0, 0.1) is 0 Å². The molecule has 0 fully saturated rings. The number of ether oxygens (including phenoxy) is 1. The van der Waals surface area contributed by atoms with Gasteiger partial charge in [-0.2, -0.15) is 0 Å². The van der Waals surface area contributed by atoms with Crippen LogP contribution in [0.25, 0.3) is 16.8 Å². The third-order valence-electron chi connectivity index (χ3n) is 3.75. The first kappa shape index (κ1) is 15.8. The Bertz CT molecular complexity index is 892. The summed E-state index contributed by atoms with van der Waals surface area (Å²) in [5, 5.41) is 2.16. The smallest absolute Gasteiger partial charge is 0.185 e. The molecule has 24 heavy (non-hydrogen) atoms. The molecule has 0 saturated heterocycles. The van der Waals surface area contributed by atoms with Gasteiger partial charge >= 0.3 is 0 Å². The largest absolute Gasteiger partial charge is 0.489 e. The molecule has 0 amide bonds. The highest BCUT2D eigenvalue weighted by Crippen LogP contribution is 2.29. The lowest BCUT2D eigenvalue weighted by molar-refractivity contribution is 0.104. The maximum Gasteiger partial charge on any atom is 0.185 e. The molecule has 0 unspecified atom stereocenters. The van der Waals surface area contributed by atoms with Crippen molar-refractivity contribution in [3.05, 3.63) is 96.6 Å². The minimum absolute atomic E-state index is 0.0294. The molecule has 0 bridgehead atoms. The summed E-state index contributed by atoms with van der Waals surface area (Å²) in [5.74, 6) is 0.712. The minimum Gasteiger partial charge on any atom is -0.489 e. The number of carbonyl (C=O) groups excluding carboxylic acids is 1. The first-order chi connectivity index (χ1) is 11.8. The first-order valence-corrected chi connectivity index (χ1v) is 7.82. The molecule has 0 N–H and O–H groups in total. The van der Waals surface area contributed by atoms with Crippen LogP contribution < -0.4 is 4.74 Å². The van der Waals surface area contributed by atoms with Gasteiger partial charge in [-0.25, -0.2) is 0 Å². The van der Waals surface area contributed by atoms with E-state index < -0.39 is 0 Å². The van der Waals surface area contributed by atoms with Gasteiger partial charge in [-0.05, 0) is 29.0 Å². The molecule has 0 aliphatic rings. The van der Waals surface area contributed by atoms with Gasteiger partial charge in [0.25, 0.3) is 0 Å². The predicted octanol–water partition coefficient (Wildman–Crippen LogP) is 5.30. The number of rotatable bonds is 6. The molecule has 3 aromatic carbocycles. The molecule has 0 spiro atoms. The lowest BCUT2D eigenvalue weighted by Crippen LogP contribution is -1.97. The van der Waals surface area contributed by atoms with E-state index in [0.717, 1.165) is 22.1 Å². The minimum atomic E-state index is -0.0294. The number of allylic oxidation sites excluding steroid dienone is 1. The van der Waals surface area contributed by atoms with Crippen molar-refractivity contribution in [3.8, 4) is 5.75 Å². The third-order valence-corrected chi connectivity index (χ3v) is 3.75. The number of ketones is 1. The summed E-state index contributed by atoms with van der Waals surface area (Å²) in [6.45, 7) is 4.11. The van der Waals surface area contributed by atoms with Crippen molar-refractivity contribution >= 4 is 22.6 Å². The fraction of sp³-hybridized carbons (Fsp3) is 0.0455. The maximum atomic E-state index is 12.3. The second kappa shape index (κ2) is 7.42. The van der Waals surface area contributed by atoms with Crippen molar-refractivity contribution < 1.29 is 9.53 Å². The molecule has 0 aliphatic heterocycles. The Hall–Kier alpha value is -3.13. The quantitative estimate of drug-likeness (QED) is 0.350. The number of fused-ring (bicyclic) bond motifs is 1. The van der Waals surface area contributed by atoms with Crippen LogP contribution in [0.3, 0.4) is 0 Å². The molecule has 118 valence electrons. The molecule has 2 nitrogen and oxygen atoms in total. The molecule has 0 atom stereocenters. The van der Waals surface area contributed by atoms with E-state index in [1.807, 2.05) is 72.8 Å². The van der Waals surface area contributed by atoms with Crippen LogP contribution in [-0.4, -0.2) is 12.4 Å². The monoisotopic (exact) mass is 314 g/mol. The Labute approximate surface area is 141 Å². The zero-order valence-corrected chi connectivity index (χ0v) is 13.3. The number of carbonyl (C=O) groups is 1. The van der Waals surface area contributed by atoms with Gasteiger partial charge in [-0.15, -0.1) is 0 Å². The summed E-state index contributed by atoms with van der Waals surface area (Å²) in [7, 11) is 0. The van der Waals surface area contributed by atoms with E-state index in [0.29, 0.717) is 12.2 Å². The van der Waals surface area contributed by atoms with Gasteiger partial charge in [-0.3, -0.25) is 4.79 Å². The zero-order chi connectivity index (χ0) is 16.8. The van der Waals surface area contributed by atoms with Crippen LogP contribution in [0.2, 0.25) is 0 Å². The second-order valence-electron chi connectivity index (χ2n) is 5.36. The summed E-state index contributed by atoms with van der Waals surface area (Å²) < 4.78 is 5.75. The molecule has 3 aromatic rings. The summed E-state index contributed by atoms with van der Waals surface area (Å²) >= 11 is 0. The lowest BCUT2D eigenvalue weighted by Gasteiger charge is -2.10. The molecule has 0 saturated carbocycles. The molecule has 0 radical (unpaired) electrons. The lowest BCUT2D eigenvalue weighted by atomic mass is 10.0. The first-order valence-electron chi connectivity index (χ1n) is 7.82. The molecule has 0 heterocycles. The SMILES string of the molecule is C=CCOc1ccc2ccccc2c1/C=C/C(=O)c1ccccc1. The van der Waals surface area contributed by atoms with Gasteiger partial charge in [0.2, 0.25) is 0 Å². The van der Waals surface area contributed by atoms with E-state index in [9.17, 15) is 4.79 Å². The average molecular weight is 314 g/mol. The Kier molecular flexibility index (Phi) is 4.87. The van der Waals surface area contributed by atoms with Crippen LogP contribution in [0.15, 0.2) is 85.5 Å². The van der Waals surface area contributed by atoms with E-state index in [2.05, 4.69) is 6.58 Å². The Balaban J connectivity index is 2.01. The average Bonchev–Trinajstić information content (AvgIpc) is 2.65. The highest BCUT2D eigenvalue weighted by molar-refractivity contribution is 6.08. The van der Waals surface area contributed by atoms with Crippen LogP contribution >= 0.6 is 0 Å². The standard InChI is InChI=1S/C22H18O2/c1-2-16-24-22-15-12-17-8-6-7-11-19(17)20(22)13-14-21(23)18-9-4-3-5-10-18/h2-15H,1,16H2/b14-13+. The summed E-state index contributed by atoms with van der Waals surface area (Å²) in [5.41, 5.74) is 1.57. The van der Waals surface area contributed by atoms with Gasteiger partial charge < -0.3 is 4.74 Å². The van der Waals surface area contributed by atoms with Crippen LogP contribution in [0.1, 0.15) is 15.9 Å². The Morgan fingerprint density at radius 3 is 2.50 bits per heavy atom. The van der Waals surface area contributed by atoms with Gasteiger partial charge in [0.15, 0.2) is 5.78 Å². The molecular weight excluding hydrogens is 296 g/mol. The Morgan fingerprint density at radius 1 is 0.958 bits per heavy atom. The van der Waals surface area contributed by atoms with E-state index >= 15 is 0 Å². The van der Waals surface area contributed by atoms with E-state index in [4.69, 9.17) is 4.74 Å². The van der Waals surface area contributed by atoms with Crippen LogP contribution in [0.4, 0.5) is 0 Å². The van der Waals surface area contributed by atoms with E-state index in [-0.39, 0.29) is 5.78 Å². The van der Waals surface area contributed by atoms with Crippen molar-refractivity contribution in [2.75, 3.05) is 6.61 Å². The number of hydrogen-bond acceptors (Lipinski definition) is 2. The van der Waals surface area contributed by atoms with Crippen molar-refractivity contribution in [1.82, 2.24) is 0 Å².